The zero-order valence-electron chi connectivity index (χ0n) is 7.03. The summed E-state index contributed by atoms with van der Waals surface area (Å²) in [7, 11) is 1.14. The number of aliphatic hydroxyl groups is 3. The molecule has 0 aromatic carbocycles. The van der Waals surface area contributed by atoms with Gasteiger partial charge in [0.05, 0.1) is 0 Å². The van der Waals surface area contributed by atoms with E-state index in [-0.39, 0.29) is 12.6 Å². The van der Waals surface area contributed by atoms with Crippen LogP contribution in [0, 0.1) is 0 Å². The first-order valence-corrected chi connectivity index (χ1v) is 3.56. The van der Waals surface area contributed by atoms with Crippen molar-refractivity contribution in [2.75, 3.05) is 7.11 Å². The van der Waals surface area contributed by atoms with Crippen molar-refractivity contribution < 1.29 is 29.6 Å². The highest BCUT2D eigenvalue weighted by molar-refractivity contribution is 5.59. The lowest BCUT2D eigenvalue weighted by Gasteiger charge is -2.24. The molecule has 6 nitrogen and oxygen atoms in total. The largest absolute Gasteiger partial charge is 0.387 e. The predicted molar refractivity (Wildman–Crippen MR) is 40.9 cm³/mol. The lowest BCUT2D eigenvalue weighted by molar-refractivity contribution is -0.145. The molecule has 0 aliphatic heterocycles. The molecule has 0 aromatic rings. The second-order valence-electron chi connectivity index (χ2n) is 2.44. The number of aliphatic hydroxyl groups excluding tert-OH is 3. The number of hydrogen-bond acceptors (Lipinski definition) is 6. The van der Waals surface area contributed by atoms with Crippen molar-refractivity contribution in [3.05, 3.63) is 0 Å². The summed E-state index contributed by atoms with van der Waals surface area (Å²) in [6.45, 7) is 0. The molecule has 0 saturated carbocycles. The van der Waals surface area contributed by atoms with Crippen LogP contribution in [-0.4, -0.2) is 59.4 Å². The van der Waals surface area contributed by atoms with Gasteiger partial charge in [0.15, 0.2) is 12.6 Å². The van der Waals surface area contributed by atoms with Crippen molar-refractivity contribution in [1.29, 1.82) is 0 Å². The second kappa shape index (κ2) is 5.76. The number of carbonyl (C=O) groups is 2. The van der Waals surface area contributed by atoms with Crippen LogP contribution in [0.5, 0.6) is 0 Å². The van der Waals surface area contributed by atoms with E-state index in [9.17, 15) is 9.59 Å². The van der Waals surface area contributed by atoms with E-state index in [1.165, 1.54) is 0 Å². The Morgan fingerprint density at radius 1 is 1.08 bits per heavy atom. The maximum absolute atomic E-state index is 10.1. The minimum absolute atomic E-state index is 0.0915. The second-order valence-corrected chi connectivity index (χ2v) is 2.44. The Labute approximate surface area is 74.7 Å². The van der Waals surface area contributed by atoms with Crippen molar-refractivity contribution in [2.45, 2.75) is 24.4 Å². The molecule has 0 fully saturated rings. The fraction of sp³-hybridized carbons (Fsp3) is 0.714. The fourth-order valence-electron chi connectivity index (χ4n) is 0.833. The molecule has 6 heteroatoms. The van der Waals surface area contributed by atoms with E-state index in [2.05, 4.69) is 4.74 Å². The van der Waals surface area contributed by atoms with Crippen LogP contribution >= 0.6 is 0 Å². The van der Waals surface area contributed by atoms with E-state index in [0.29, 0.717) is 0 Å². The van der Waals surface area contributed by atoms with Crippen LogP contribution in [0.3, 0.4) is 0 Å². The predicted octanol–water partition coefficient (Wildman–Crippen LogP) is -2.52. The minimum atomic E-state index is -1.68. The molecule has 0 aromatic heterocycles. The van der Waals surface area contributed by atoms with Gasteiger partial charge in [0.25, 0.3) is 0 Å². The molecule has 4 atom stereocenters. The highest BCUT2D eigenvalue weighted by Crippen LogP contribution is 2.06. The molecule has 0 aliphatic rings. The maximum atomic E-state index is 10.1. The normalized spacial score (nSPS) is 20.0. The van der Waals surface area contributed by atoms with E-state index in [1.54, 1.807) is 0 Å². The number of rotatable bonds is 6. The van der Waals surface area contributed by atoms with Gasteiger partial charge in [-0.15, -0.1) is 0 Å². The average molecular weight is 192 g/mol. The summed E-state index contributed by atoms with van der Waals surface area (Å²) in [5.41, 5.74) is 0. The molecule has 76 valence electrons. The number of methoxy groups -OCH3 is 1. The Morgan fingerprint density at radius 2 is 1.54 bits per heavy atom. The van der Waals surface area contributed by atoms with E-state index in [1.807, 2.05) is 0 Å². The van der Waals surface area contributed by atoms with Crippen molar-refractivity contribution in [3.63, 3.8) is 0 Å². The zero-order chi connectivity index (χ0) is 10.4. The molecular weight excluding hydrogens is 180 g/mol. The molecule has 0 rings (SSSR count). The van der Waals surface area contributed by atoms with Crippen LogP contribution in [-0.2, 0) is 14.3 Å². The van der Waals surface area contributed by atoms with Gasteiger partial charge in [0.2, 0.25) is 0 Å². The fourth-order valence-corrected chi connectivity index (χ4v) is 0.833. The smallest absolute Gasteiger partial charge is 0.151 e. The van der Waals surface area contributed by atoms with E-state index in [4.69, 9.17) is 15.3 Å². The Morgan fingerprint density at radius 3 is 1.85 bits per heavy atom. The van der Waals surface area contributed by atoms with E-state index >= 15 is 0 Å². The van der Waals surface area contributed by atoms with Crippen LogP contribution in [0.15, 0.2) is 0 Å². The highest BCUT2D eigenvalue weighted by atomic mass is 16.5. The number of aldehydes is 2. The van der Waals surface area contributed by atoms with Crippen LogP contribution in [0.1, 0.15) is 0 Å². The highest BCUT2D eigenvalue weighted by Gasteiger charge is 2.31. The van der Waals surface area contributed by atoms with Gasteiger partial charge in [0.1, 0.15) is 24.4 Å². The number of carbonyl (C=O) groups excluding carboxylic acids is 2. The van der Waals surface area contributed by atoms with Crippen LogP contribution in [0.4, 0.5) is 0 Å². The molecular formula is C7H12O6. The SMILES string of the molecule is CO[C@@H]([C@H](O)[C@@H](O)C=O)[C@H](O)C=O. The Balaban J connectivity index is 4.37. The maximum Gasteiger partial charge on any atom is 0.151 e. The number of hydrogen-bond donors (Lipinski definition) is 3. The summed E-state index contributed by atoms with van der Waals surface area (Å²) in [5, 5.41) is 27.0. The van der Waals surface area contributed by atoms with Gasteiger partial charge in [0, 0.05) is 7.11 Å². The first kappa shape index (κ1) is 12.2. The summed E-state index contributed by atoms with van der Waals surface area (Å²) < 4.78 is 4.54. The third-order valence-corrected chi connectivity index (χ3v) is 1.57. The van der Waals surface area contributed by atoms with Gasteiger partial charge in [-0.25, -0.2) is 0 Å². The van der Waals surface area contributed by atoms with Crippen molar-refractivity contribution in [2.24, 2.45) is 0 Å². The van der Waals surface area contributed by atoms with Gasteiger partial charge in [-0.3, -0.25) is 0 Å². The molecule has 0 saturated heterocycles. The molecule has 0 amide bonds. The van der Waals surface area contributed by atoms with Gasteiger partial charge < -0.3 is 29.6 Å². The van der Waals surface area contributed by atoms with Crippen molar-refractivity contribution in [3.8, 4) is 0 Å². The molecule has 0 unspecified atom stereocenters. The molecule has 0 spiro atoms. The van der Waals surface area contributed by atoms with Crippen molar-refractivity contribution in [1.82, 2.24) is 0 Å². The van der Waals surface area contributed by atoms with E-state index in [0.717, 1.165) is 7.11 Å². The zero-order valence-corrected chi connectivity index (χ0v) is 7.03. The first-order valence-electron chi connectivity index (χ1n) is 3.56. The molecule has 3 N–H and O–H groups in total. The Kier molecular flexibility index (Phi) is 5.40. The van der Waals surface area contributed by atoms with Crippen LogP contribution in [0.25, 0.3) is 0 Å². The van der Waals surface area contributed by atoms with E-state index < -0.39 is 24.4 Å². The lowest BCUT2D eigenvalue weighted by atomic mass is 10.0. The average Bonchev–Trinajstić information content (AvgIpc) is 2.17. The Hall–Kier alpha value is -0.820. The van der Waals surface area contributed by atoms with Crippen LogP contribution in [0.2, 0.25) is 0 Å². The topological polar surface area (TPSA) is 104 Å². The quantitative estimate of drug-likeness (QED) is 0.401. The first-order chi connectivity index (χ1) is 6.08. The van der Waals surface area contributed by atoms with Gasteiger partial charge in [-0.1, -0.05) is 0 Å². The standard InChI is InChI=1S/C7H12O6/c1-13-7(5(11)3-9)6(12)4(10)2-8/h2-7,10-12H,1H3/t4-,5+,6+,7+/m0/s1. The third kappa shape index (κ3) is 3.19. The summed E-state index contributed by atoms with van der Waals surface area (Å²) in [5.74, 6) is 0. The number of ether oxygens (including phenoxy) is 1. The van der Waals surface area contributed by atoms with Crippen molar-refractivity contribution >= 4 is 12.6 Å². The third-order valence-electron chi connectivity index (χ3n) is 1.57. The molecule has 0 radical (unpaired) electrons. The minimum Gasteiger partial charge on any atom is -0.387 e. The Bertz CT molecular complexity index is 170. The summed E-state index contributed by atoms with van der Waals surface area (Å²) in [6.07, 6.45) is -5.95. The van der Waals surface area contributed by atoms with Gasteiger partial charge in [-0.2, -0.15) is 0 Å². The molecule has 0 bridgehead atoms. The van der Waals surface area contributed by atoms with Gasteiger partial charge in [-0.05, 0) is 0 Å². The summed E-state index contributed by atoms with van der Waals surface area (Å²) in [6, 6.07) is 0. The molecule has 0 aliphatic carbocycles. The monoisotopic (exact) mass is 192 g/mol. The summed E-state index contributed by atoms with van der Waals surface area (Å²) in [4.78, 5) is 20.2. The lowest BCUT2D eigenvalue weighted by Crippen LogP contribution is -2.46. The van der Waals surface area contributed by atoms with Gasteiger partial charge >= 0.3 is 0 Å². The molecule has 0 heterocycles. The van der Waals surface area contributed by atoms with Crippen LogP contribution < -0.4 is 0 Å². The summed E-state index contributed by atoms with van der Waals surface area (Å²) >= 11 is 0. The molecule has 13 heavy (non-hydrogen) atoms.